The summed E-state index contributed by atoms with van der Waals surface area (Å²) in [6.07, 6.45) is 3.72. The molecule has 10 aromatic rings. The number of nitriles is 1. The normalized spacial score (nSPS) is 12.6. The lowest BCUT2D eigenvalue weighted by molar-refractivity contribution is 0.793. The van der Waals surface area contributed by atoms with E-state index in [-0.39, 0.29) is 0 Å². The maximum absolute atomic E-state index is 10.2. The van der Waals surface area contributed by atoms with Crippen LogP contribution in [0.25, 0.3) is 89.5 Å². The van der Waals surface area contributed by atoms with Crippen molar-refractivity contribution >= 4 is 0 Å². The fourth-order valence-corrected chi connectivity index (χ4v) is 9.96. The van der Waals surface area contributed by atoms with Gasteiger partial charge in [0.05, 0.1) is 28.4 Å². The van der Waals surface area contributed by atoms with Gasteiger partial charge in [0.25, 0.3) is 0 Å². The minimum Gasteiger partial charge on any atom is -0.264 e. The first kappa shape index (κ1) is 36.3. The Bertz CT molecular complexity index is 3400. The monoisotopic (exact) mass is 800 g/mol. The van der Waals surface area contributed by atoms with Gasteiger partial charge in [-0.2, -0.15) is 5.26 Å². The highest BCUT2D eigenvalue weighted by Crippen LogP contribution is 2.63. The topological polar surface area (TPSA) is 62.5 Å². The molecular weight excluding hydrogens is 765 g/mol. The van der Waals surface area contributed by atoms with Gasteiger partial charge in [-0.3, -0.25) is 4.98 Å². The van der Waals surface area contributed by atoms with Gasteiger partial charge in [-0.25, -0.2) is 9.97 Å². The van der Waals surface area contributed by atoms with Crippen LogP contribution < -0.4 is 0 Å². The Labute approximate surface area is 366 Å². The highest BCUT2D eigenvalue weighted by atomic mass is 14.9. The third-order valence-electron chi connectivity index (χ3n) is 12.8. The number of benzene rings is 8. The predicted molar refractivity (Wildman–Crippen MR) is 253 cm³/mol. The molecule has 292 valence electrons. The van der Waals surface area contributed by atoms with Crippen molar-refractivity contribution in [2.45, 2.75) is 5.41 Å². The van der Waals surface area contributed by atoms with Gasteiger partial charge >= 0.3 is 0 Å². The highest BCUT2D eigenvalue weighted by molar-refractivity contribution is 5.96. The first-order valence-electron chi connectivity index (χ1n) is 21.2. The number of pyridine rings is 1. The van der Waals surface area contributed by atoms with Crippen LogP contribution in [0.3, 0.4) is 0 Å². The molecule has 0 bridgehead atoms. The second kappa shape index (κ2) is 14.6. The van der Waals surface area contributed by atoms with E-state index in [0.717, 1.165) is 67.0 Å². The van der Waals surface area contributed by atoms with Gasteiger partial charge in [-0.15, -0.1) is 0 Å². The minimum atomic E-state index is -0.595. The third kappa shape index (κ3) is 5.86. The smallest absolute Gasteiger partial charge is 0.160 e. The summed E-state index contributed by atoms with van der Waals surface area (Å²) in [5.41, 5.74) is 20.8. The van der Waals surface area contributed by atoms with E-state index in [1.807, 2.05) is 48.8 Å². The summed E-state index contributed by atoms with van der Waals surface area (Å²) in [6.45, 7) is 0. The van der Waals surface area contributed by atoms with Crippen molar-refractivity contribution in [3.63, 3.8) is 0 Å². The lowest BCUT2D eigenvalue weighted by Gasteiger charge is -2.30. The SMILES string of the molecule is N#Cc1ccc2c(c1)C1(c3ccccc3-c3ccccc31)c1cc(-c3cc(-c4cccnc4)cc(-c4nc(-c5ccccc5)cc(-c5ccc(-c6ccccc6)cc5)n4)c3)ccc1-2. The first-order chi connectivity index (χ1) is 31.2. The molecule has 0 aliphatic heterocycles. The Morgan fingerprint density at radius 3 is 1.49 bits per heavy atom. The van der Waals surface area contributed by atoms with Crippen molar-refractivity contribution in [3.8, 4) is 95.6 Å². The van der Waals surface area contributed by atoms with Crippen LogP contribution in [0.1, 0.15) is 27.8 Å². The van der Waals surface area contributed by atoms with Gasteiger partial charge in [-0.1, -0.05) is 158 Å². The van der Waals surface area contributed by atoms with Gasteiger partial charge in [0.2, 0.25) is 0 Å². The summed E-state index contributed by atoms with van der Waals surface area (Å²) in [4.78, 5) is 15.1. The molecule has 0 fully saturated rings. The number of aromatic nitrogens is 3. The van der Waals surface area contributed by atoms with Crippen LogP contribution >= 0.6 is 0 Å². The second-order valence-electron chi connectivity index (χ2n) is 16.3. The fourth-order valence-electron chi connectivity index (χ4n) is 9.96. The van der Waals surface area contributed by atoms with Crippen LogP contribution in [0.15, 0.2) is 219 Å². The number of hydrogen-bond acceptors (Lipinski definition) is 4. The molecule has 0 unspecified atom stereocenters. The third-order valence-corrected chi connectivity index (χ3v) is 12.8. The Kier molecular flexibility index (Phi) is 8.42. The van der Waals surface area contributed by atoms with Crippen molar-refractivity contribution in [3.05, 3.63) is 246 Å². The van der Waals surface area contributed by atoms with Crippen LogP contribution in [0, 0.1) is 11.3 Å². The molecule has 2 aliphatic carbocycles. The van der Waals surface area contributed by atoms with Crippen molar-refractivity contribution in [1.29, 1.82) is 5.26 Å². The molecular formula is C59H36N4. The van der Waals surface area contributed by atoms with Crippen LogP contribution in [0.5, 0.6) is 0 Å². The van der Waals surface area contributed by atoms with E-state index in [9.17, 15) is 5.26 Å². The van der Waals surface area contributed by atoms with Gasteiger partial charge < -0.3 is 0 Å². The summed E-state index contributed by atoms with van der Waals surface area (Å²) in [5, 5.41) is 10.2. The molecule has 0 saturated heterocycles. The highest BCUT2D eigenvalue weighted by Gasteiger charge is 2.51. The van der Waals surface area contributed by atoms with Crippen molar-refractivity contribution < 1.29 is 0 Å². The molecule has 0 N–H and O–H groups in total. The molecule has 0 radical (unpaired) electrons. The van der Waals surface area contributed by atoms with E-state index in [1.54, 1.807) is 0 Å². The molecule has 0 saturated carbocycles. The summed E-state index contributed by atoms with van der Waals surface area (Å²) in [7, 11) is 0. The van der Waals surface area contributed by atoms with Gasteiger partial charge in [0.1, 0.15) is 0 Å². The van der Waals surface area contributed by atoms with Crippen LogP contribution in [0.4, 0.5) is 0 Å². The molecule has 2 aromatic heterocycles. The minimum absolute atomic E-state index is 0.595. The van der Waals surface area contributed by atoms with Gasteiger partial charge in [-0.05, 0) is 121 Å². The predicted octanol–water partition coefficient (Wildman–Crippen LogP) is 14.1. The average molecular weight is 801 g/mol. The van der Waals surface area contributed by atoms with Gasteiger partial charge in [0, 0.05) is 34.6 Å². The summed E-state index contributed by atoms with van der Waals surface area (Å²) < 4.78 is 0. The summed E-state index contributed by atoms with van der Waals surface area (Å²) in [5.74, 6) is 0.637. The van der Waals surface area contributed by atoms with Gasteiger partial charge in [0.15, 0.2) is 5.82 Å². The zero-order valence-electron chi connectivity index (χ0n) is 34.1. The zero-order chi connectivity index (χ0) is 41.9. The van der Waals surface area contributed by atoms with E-state index in [4.69, 9.17) is 9.97 Å². The number of nitrogens with zero attached hydrogens (tertiary/aromatic N) is 4. The molecule has 2 aliphatic rings. The standard InChI is InChI=1S/C59H36N4/c60-36-38-21-27-50-51-28-26-43(34-55(51)59(54(50)30-38)52-19-9-7-17-48(52)49-18-8-10-20-53(49)59)45-31-46(44-16-11-29-61-37-44)33-47(32-45)58-62-56(41-14-5-2-6-15-41)35-57(63-58)42-24-22-40(23-25-42)39-12-3-1-4-13-39/h1-35,37H. The largest absolute Gasteiger partial charge is 0.264 e. The van der Waals surface area contributed by atoms with Crippen molar-refractivity contribution in [1.82, 2.24) is 15.0 Å². The molecule has 0 amide bonds. The number of rotatable bonds is 6. The number of fused-ring (bicyclic) bond motifs is 10. The Morgan fingerprint density at radius 2 is 0.841 bits per heavy atom. The molecule has 63 heavy (non-hydrogen) atoms. The van der Waals surface area contributed by atoms with E-state index >= 15 is 0 Å². The molecule has 4 nitrogen and oxygen atoms in total. The average Bonchev–Trinajstić information content (AvgIpc) is 3.83. The lowest BCUT2D eigenvalue weighted by Crippen LogP contribution is -2.26. The van der Waals surface area contributed by atoms with Crippen LogP contribution in [-0.2, 0) is 5.41 Å². The Hall–Kier alpha value is -8.52. The first-order valence-corrected chi connectivity index (χ1v) is 21.2. The lowest BCUT2D eigenvalue weighted by atomic mass is 9.70. The van der Waals surface area contributed by atoms with E-state index in [2.05, 4.69) is 181 Å². The fraction of sp³-hybridized carbons (Fsp3) is 0.0169. The van der Waals surface area contributed by atoms with Crippen molar-refractivity contribution in [2.24, 2.45) is 0 Å². The molecule has 4 heteroatoms. The quantitative estimate of drug-likeness (QED) is 0.168. The van der Waals surface area contributed by atoms with E-state index in [0.29, 0.717) is 11.4 Å². The number of hydrogen-bond donors (Lipinski definition) is 0. The van der Waals surface area contributed by atoms with E-state index < -0.39 is 5.41 Å². The molecule has 0 atom stereocenters. The molecule has 2 heterocycles. The maximum atomic E-state index is 10.2. The molecule has 12 rings (SSSR count). The Morgan fingerprint density at radius 1 is 0.349 bits per heavy atom. The second-order valence-corrected chi connectivity index (χ2v) is 16.3. The Balaban J connectivity index is 1.07. The van der Waals surface area contributed by atoms with Crippen LogP contribution in [0.2, 0.25) is 0 Å². The maximum Gasteiger partial charge on any atom is 0.160 e. The summed E-state index contributed by atoms with van der Waals surface area (Å²) >= 11 is 0. The summed E-state index contributed by atoms with van der Waals surface area (Å²) in [6, 6.07) is 75.3. The van der Waals surface area contributed by atoms with Crippen molar-refractivity contribution in [2.75, 3.05) is 0 Å². The molecule has 8 aromatic carbocycles. The molecule has 1 spiro atoms. The zero-order valence-corrected chi connectivity index (χ0v) is 34.1. The van der Waals surface area contributed by atoms with Crippen LogP contribution in [-0.4, -0.2) is 15.0 Å². The van der Waals surface area contributed by atoms with E-state index in [1.165, 1.54) is 38.9 Å².